The average molecular weight is 343 g/mol. The van der Waals surface area contributed by atoms with E-state index in [0.717, 1.165) is 0 Å². The molecular weight excluding hydrogens is 329 g/mol. The van der Waals surface area contributed by atoms with Crippen LogP contribution in [0.5, 0.6) is 5.75 Å². The zero-order valence-electron chi connectivity index (χ0n) is 13.2. The number of halogens is 1. The summed E-state index contributed by atoms with van der Waals surface area (Å²) in [5, 5.41) is 14.7. The first-order valence-corrected chi connectivity index (χ1v) is 7.32. The van der Waals surface area contributed by atoms with Gasteiger partial charge in [-0.1, -0.05) is 12.1 Å². The van der Waals surface area contributed by atoms with E-state index >= 15 is 0 Å². The Balaban J connectivity index is 1.90. The Hall–Kier alpha value is -3.42. The minimum absolute atomic E-state index is 0.0202. The van der Waals surface area contributed by atoms with Crippen molar-refractivity contribution in [1.29, 1.82) is 0 Å². The maximum Gasteiger partial charge on any atom is 0.436 e. The highest BCUT2D eigenvalue weighted by atomic mass is 19.1. The summed E-state index contributed by atoms with van der Waals surface area (Å²) in [6.45, 7) is 0.0202. The standard InChI is InChI=1S/C17H14FN3O4/c1-24-14-8-6-13(7-9-14)21-15(17(23)25-20-21)16(22)19-10-11-2-4-12(18)5-3-11/h2-9H,10H2,1H3,(H-,19,20,22,23). The third kappa shape index (κ3) is 3.57. The molecule has 0 fully saturated rings. The molecule has 3 rings (SSSR count). The monoisotopic (exact) mass is 343 g/mol. The van der Waals surface area contributed by atoms with Crippen molar-refractivity contribution in [3.63, 3.8) is 0 Å². The number of rotatable bonds is 5. The second-order valence-electron chi connectivity index (χ2n) is 5.11. The lowest BCUT2D eigenvalue weighted by Crippen LogP contribution is -2.44. The third-order valence-corrected chi connectivity index (χ3v) is 3.50. The molecule has 1 aromatic heterocycles. The van der Waals surface area contributed by atoms with Gasteiger partial charge in [-0.2, -0.15) is 0 Å². The Bertz CT molecular complexity index is 943. The number of aliphatic imine (C=N–C) groups is 1. The minimum Gasteiger partial charge on any atom is -0.854 e. The normalized spacial score (nSPS) is 11.5. The fourth-order valence-corrected chi connectivity index (χ4v) is 2.20. The summed E-state index contributed by atoms with van der Waals surface area (Å²) in [5.74, 6) is -0.488. The zero-order valence-corrected chi connectivity index (χ0v) is 13.2. The van der Waals surface area contributed by atoms with Crippen LogP contribution in [0.2, 0.25) is 0 Å². The summed E-state index contributed by atoms with van der Waals surface area (Å²) in [6.07, 6.45) is 0. The SMILES string of the molecule is COc1ccc(-[n+]2[nH]oc(=O)c2C([O-])=NCc2ccc(F)cc2)cc1. The molecule has 0 atom stereocenters. The van der Waals surface area contributed by atoms with Gasteiger partial charge in [-0.3, -0.25) is 9.52 Å². The number of methoxy groups -OCH3 is 1. The molecule has 2 aromatic carbocycles. The Morgan fingerprint density at radius 3 is 2.56 bits per heavy atom. The van der Waals surface area contributed by atoms with Crippen molar-refractivity contribution in [2.24, 2.45) is 4.99 Å². The second kappa shape index (κ2) is 7.00. The molecule has 1 N–H and O–H groups in total. The highest BCUT2D eigenvalue weighted by molar-refractivity contribution is 5.86. The largest absolute Gasteiger partial charge is 0.854 e. The number of hydrogen-bond acceptors (Lipinski definition) is 5. The molecular formula is C17H14FN3O4. The lowest BCUT2D eigenvalue weighted by molar-refractivity contribution is -0.673. The van der Waals surface area contributed by atoms with Crippen molar-refractivity contribution in [2.45, 2.75) is 6.54 Å². The lowest BCUT2D eigenvalue weighted by atomic mass is 10.2. The fourth-order valence-electron chi connectivity index (χ4n) is 2.20. The highest BCUT2D eigenvalue weighted by Crippen LogP contribution is 2.11. The van der Waals surface area contributed by atoms with Crippen LogP contribution in [-0.4, -0.2) is 18.3 Å². The van der Waals surface area contributed by atoms with Gasteiger partial charge in [0.15, 0.2) is 0 Å². The summed E-state index contributed by atoms with van der Waals surface area (Å²) in [7, 11) is 1.53. The molecule has 7 nitrogen and oxygen atoms in total. The van der Waals surface area contributed by atoms with Crippen LogP contribution >= 0.6 is 0 Å². The minimum atomic E-state index is -0.830. The molecule has 0 amide bonds. The van der Waals surface area contributed by atoms with Gasteiger partial charge in [-0.15, -0.1) is 0 Å². The van der Waals surface area contributed by atoms with E-state index in [-0.39, 0.29) is 18.1 Å². The van der Waals surface area contributed by atoms with Crippen LogP contribution in [0.15, 0.2) is 62.8 Å². The van der Waals surface area contributed by atoms with Gasteiger partial charge in [0.2, 0.25) is 5.69 Å². The van der Waals surface area contributed by atoms with E-state index in [4.69, 9.17) is 9.26 Å². The van der Waals surface area contributed by atoms with Crippen molar-refractivity contribution in [2.75, 3.05) is 7.11 Å². The molecule has 0 bridgehead atoms. The fraction of sp³-hybridized carbons (Fsp3) is 0.118. The molecule has 0 aliphatic rings. The van der Waals surface area contributed by atoms with Gasteiger partial charge < -0.3 is 9.84 Å². The van der Waals surface area contributed by atoms with Crippen molar-refractivity contribution in [3.05, 3.63) is 76.0 Å². The summed E-state index contributed by atoms with van der Waals surface area (Å²) >= 11 is 0. The molecule has 1 heterocycles. The van der Waals surface area contributed by atoms with Crippen LogP contribution in [0.25, 0.3) is 5.69 Å². The molecule has 0 unspecified atom stereocenters. The van der Waals surface area contributed by atoms with Gasteiger partial charge in [-0.25, -0.2) is 9.18 Å². The molecule has 0 aliphatic carbocycles. The van der Waals surface area contributed by atoms with Crippen LogP contribution in [0.1, 0.15) is 11.3 Å². The van der Waals surface area contributed by atoms with E-state index in [1.807, 2.05) is 0 Å². The first kappa shape index (κ1) is 16.4. The summed E-state index contributed by atoms with van der Waals surface area (Å²) < 4.78 is 23.9. The summed E-state index contributed by atoms with van der Waals surface area (Å²) in [5.41, 5.74) is 0.0635. The second-order valence-corrected chi connectivity index (χ2v) is 5.11. The zero-order chi connectivity index (χ0) is 17.8. The first-order chi connectivity index (χ1) is 12.1. The summed E-state index contributed by atoms with van der Waals surface area (Å²) in [4.78, 5) is 15.7. The Morgan fingerprint density at radius 2 is 1.92 bits per heavy atom. The van der Waals surface area contributed by atoms with Crippen molar-refractivity contribution in [3.8, 4) is 11.4 Å². The van der Waals surface area contributed by atoms with Gasteiger partial charge in [0.1, 0.15) is 11.6 Å². The van der Waals surface area contributed by atoms with E-state index in [0.29, 0.717) is 17.0 Å². The maximum absolute atomic E-state index is 12.9. The van der Waals surface area contributed by atoms with Gasteiger partial charge in [0.05, 0.1) is 19.6 Å². The third-order valence-electron chi connectivity index (χ3n) is 3.50. The van der Waals surface area contributed by atoms with Crippen LogP contribution in [0.3, 0.4) is 0 Å². The molecule has 3 aromatic rings. The van der Waals surface area contributed by atoms with Gasteiger partial charge >= 0.3 is 11.3 Å². The molecule has 25 heavy (non-hydrogen) atoms. The number of ether oxygens (including phenoxy) is 1. The van der Waals surface area contributed by atoms with E-state index in [2.05, 4.69) is 10.3 Å². The van der Waals surface area contributed by atoms with E-state index in [1.54, 1.807) is 24.3 Å². The number of hydrogen-bond donors (Lipinski definition) is 1. The maximum atomic E-state index is 12.9. The lowest BCUT2D eigenvalue weighted by Gasteiger charge is -2.05. The quantitative estimate of drug-likeness (QED) is 0.419. The Morgan fingerprint density at radius 1 is 1.24 bits per heavy atom. The number of aromatic amines is 1. The van der Waals surface area contributed by atoms with Crippen LogP contribution in [-0.2, 0) is 6.54 Å². The predicted molar refractivity (Wildman–Crippen MR) is 84.1 cm³/mol. The molecule has 0 aliphatic heterocycles. The number of benzene rings is 2. The van der Waals surface area contributed by atoms with Gasteiger partial charge in [0, 0.05) is 12.1 Å². The Kier molecular flexibility index (Phi) is 4.60. The van der Waals surface area contributed by atoms with Crippen LogP contribution in [0.4, 0.5) is 4.39 Å². The number of nitrogens with zero attached hydrogens (tertiary/aromatic N) is 2. The smallest absolute Gasteiger partial charge is 0.436 e. The van der Waals surface area contributed by atoms with Gasteiger partial charge in [0.25, 0.3) is 0 Å². The van der Waals surface area contributed by atoms with E-state index in [9.17, 15) is 14.3 Å². The highest BCUT2D eigenvalue weighted by Gasteiger charge is 2.23. The van der Waals surface area contributed by atoms with Crippen molar-refractivity contribution >= 4 is 5.90 Å². The van der Waals surface area contributed by atoms with E-state index < -0.39 is 11.5 Å². The summed E-state index contributed by atoms with van der Waals surface area (Å²) in [6, 6.07) is 12.2. The number of nitrogens with one attached hydrogen (secondary N) is 1. The molecule has 8 heteroatoms. The van der Waals surface area contributed by atoms with Crippen molar-refractivity contribution < 1.29 is 23.4 Å². The predicted octanol–water partition coefficient (Wildman–Crippen LogP) is 0.699. The van der Waals surface area contributed by atoms with E-state index in [1.165, 1.54) is 36.1 Å². The Labute approximate surface area is 141 Å². The molecule has 128 valence electrons. The first-order valence-electron chi connectivity index (χ1n) is 7.32. The molecule has 0 saturated carbocycles. The molecule has 0 radical (unpaired) electrons. The molecule has 0 spiro atoms. The number of aromatic nitrogens is 2. The number of H-pyrrole nitrogens is 1. The van der Waals surface area contributed by atoms with Crippen LogP contribution in [0, 0.1) is 5.82 Å². The topological polar surface area (TPSA) is 94.5 Å². The van der Waals surface area contributed by atoms with Gasteiger partial charge in [-0.05, 0) is 39.8 Å². The van der Waals surface area contributed by atoms with Crippen LogP contribution < -0.4 is 20.2 Å². The average Bonchev–Trinajstić information content (AvgIpc) is 3.02. The molecule has 0 saturated heterocycles. The van der Waals surface area contributed by atoms with Crippen molar-refractivity contribution in [1.82, 2.24) is 5.27 Å².